The molecule has 0 radical (unpaired) electrons. The fourth-order valence-electron chi connectivity index (χ4n) is 1.07. The van der Waals surface area contributed by atoms with E-state index in [9.17, 15) is 17.2 Å². The molecule has 0 aliphatic heterocycles. The highest BCUT2D eigenvalue weighted by molar-refractivity contribution is 7.89. The first kappa shape index (κ1) is 13.1. The van der Waals surface area contributed by atoms with Crippen LogP contribution in [-0.2, 0) is 21.1 Å². The van der Waals surface area contributed by atoms with Gasteiger partial charge >= 0.3 is 0 Å². The van der Waals surface area contributed by atoms with Gasteiger partial charge in [0.15, 0.2) is 0 Å². The molecule has 0 aromatic heterocycles. The maximum Gasteiger partial charge on any atom is 0.240 e. The monoisotopic (exact) mass is 264 g/mol. The lowest BCUT2D eigenvalue weighted by Gasteiger charge is -2.12. The van der Waals surface area contributed by atoms with Crippen LogP contribution in [0.3, 0.4) is 0 Å². The smallest absolute Gasteiger partial charge is 0.240 e. The Hall–Kier alpha value is -0.960. The van der Waals surface area contributed by atoms with Gasteiger partial charge in [-0.2, -0.15) is 0 Å². The van der Waals surface area contributed by atoms with Crippen LogP contribution in [0.1, 0.15) is 0 Å². The van der Waals surface area contributed by atoms with Crippen molar-refractivity contribution < 1.29 is 21.9 Å². The van der Waals surface area contributed by atoms with Crippen molar-refractivity contribution in [3.05, 3.63) is 18.2 Å². The molecule has 0 aliphatic rings. The third-order valence-electron chi connectivity index (χ3n) is 1.89. The average molecular weight is 264 g/mol. The molecule has 90 valence electrons. The van der Waals surface area contributed by atoms with Crippen molar-refractivity contribution in [3.8, 4) is 5.75 Å². The molecule has 1 aromatic rings. The highest BCUT2D eigenvalue weighted by Gasteiger charge is 2.14. The maximum absolute atomic E-state index is 11.4. The Labute approximate surface area is 96.0 Å². The molecular weight excluding hydrogens is 254 g/mol. The molecule has 0 aliphatic carbocycles. The summed E-state index contributed by atoms with van der Waals surface area (Å²) in [4.78, 5) is -0.140. The normalized spacial score (nSPS) is 13.4. The first-order valence-corrected chi connectivity index (χ1v) is 6.69. The number of nitrogens with one attached hydrogen (secondary N) is 1. The van der Waals surface area contributed by atoms with E-state index in [-0.39, 0.29) is 15.5 Å². The van der Waals surface area contributed by atoms with Gasteiger partial charge in [0.2, 0.25) is 10.0 Å². The lowest BCUT2D eigenvalue weighted by atomic mass is 10.3. The van der Waals surface area contributed by atoms with E-state index in [1.165, 1.54) is 26.3 Å². The third-order valence-corrected chi connectivity index (χ3v) is 4.00. The molecule has 0 saturated heterocycles. The summed E-state index contributed by atoms with van der Waals surface area (Å²) >= 11 is -2.47. The van der Waals surface area contributed by atoms with E-state index in [0.29, 0.717) is 0 Å². The lowest BCUT2D eigenvalue weighted by Crippen LogP contribution is -2.18. The van der Waals surface area contributed by atoms with E-state index < -0.39 is 21.1 Å². The van der Waals surface area contributed by atoms with Crippen LogP contribution in [0.5, 0.6) is 5.75 Å². The van der Waals surface area contributed by atoms with Crippen molar-refractivity contribution >= 4 is 21.1 Å². The molecule has 1 rings (SSSR count). The molecule has 1 aromatic carbocycles. The molecule has 0 heterocycles. The van der Waals surface area contributed by atoms with E-state index in [0.717, 1.165) is 6.07 Å². The van der Waals surface area contributed by atoms with Crippen molar-refractivity contribution in [2.45, 2.75) is 9.79 Å². The number of sulfonamides is 1. The van der Waals surface area contributed by atoms with Crippen molar-refractivity contribution in [1.29, 1.82) is 0 Å². The summed E-state index contributed by atoms with van der Waals surface area (Å²) in [5, 5.41) is 0. The Balaban J connectivity index is 3.35. The fraction of sp³-hybridized carbons (Fsp3) is 0.250. The second-order valence-corrected chi connectivity index (χ2v) is 5.55. The molecule has 16 heavy (non-hydrogen) atoms. The molecule has 6 nitrogen and oxygen atoms in total. The van der Waals surface area contributed by atoms with Gasteiger partial charge in [0.25, 0.3) is 0 Å². The minimum atomic E-state index is -3.60. The van der Waals surface area contributed by atoms with Crippen LogP contribution in [0.15, 0.2) is 28.0 Å². The predicted molar refractivity (Wildman–Crippen MR) is 56.4 cm³/mol. The van der Waals surface area contributed by atoms with E-state index in [1.54, 1.807) is 0 Å². The van der Waals surface area contributed by atoms with E-state index >= 15 is 0 Å². The average Bonchev–Trinajstić information content (AvgIpc) is 2.27. The van der Waals surface area contributed by atoms with Gasteiger partial charge in [0.1, 0.15) is 5.75 Å². The molecule has 0 fully saturated rings. The van der Waals surface area contributed by atoms with Crippen LogP contribution in [-0.4, -0.2) is 31.3 Å². The first-order valence-electron chi connectivity index (χ1n) is 4.13. The van der Waals surface area contributed by atoms with E-state index in [1.807, 2.05) is 0 Å². The minimum Gasteiger partial charge on any atom is -0.768 e. The summed E-state index contributed by atoms with van der Waals surface area (Å²) in [5.41, 5.74) is 0. The van der Waals surface area contributed by atoms with Crippen molar-refractivity contribution in [1.82, 2.24) is 4.72 Å². The van der Waals surface area contributed by atoms with Crippen LogP contribution in [0.4, 0.5) is 0 Å². The zero-order valence-electron chi connectivity index (χ0n) is 8.59. The Bertz CT molecular complexity index is 511. The van der Waals surface area contributed by atoms with Gasteiger partial charge in [-0.1, -0.05) is 0 Å². The SMILES string of the molecule is CNS(=O)(=O)c1ccc(S(=O)[O-])c(OC)c1. The number of rotatable bonds is 4. The Morgan fingerprint density at radius 1 is 1.44 bits per heavy atom. The number of hydrogen-bond donors (Lipinski definition) is 1. The van der Waals surface area contributed by atoms with Crippen molar-refractivity contribution in [2.24, 2.45) is 0 Å². The zero-order chi connectivity index (χ0) is 12.3. The minimum absolute atomic E-state index is 0.00958. The van der Waals surface area contributed by atoms with Crippen LogP contribution >= 0.6 is 0 Å². The van der Waals surface area contributed by atoms with Gasteiger partial charge in [-0.15, -0.1) is 0 Å². The highest BCUT2D eigenvalue weighted by atomic mass is 32.2. The van der Waals surface area contributed by atoms with E-state index in [4.69, 9.17) is 4.74 Å². The van der Waals surface area contributed by atoms with Crippen LogP contribution < -0.4 is 9.46 Å². The summed E-state index contributed by atoms with van der Waals surface area (Å²) in [5.74, 6) is -0.00958. The van der Waals surface area contributed by atoms with Gasteiger partial charge < -0.3 is 9.29 Å². The molecule has 0 spiro atoms. The van der Waals surface area contributed by atoms with Gasteiger partial charge in [-0.05, 0) is 30.3 Å². The molecule has 0 amide bonds. The second-order valence-electron chi connectivity index (χ2n) is 2.75. The van der Waals surface area contributed by atoms with Crippen LogP contribution in [0.25, 0.3) is 0 Å². The highest BCUT2D eigenvalue weighted by Crippen LogP contribution is 2.24. The summed E-state index contributed by atoms with van der Waals surface area (Å²) in [7, 11) is -1.07. The maximum atomic E-state index is 11.4. The largest absolute Gasteiger partial charge is 0.768 e. The molecule has 0 saturated carbocycles. The molecule has 0 bridgehead atoms. The molecule has 8 heteroatoms. The molecule has 1 atom stereocenters. The topological polar surface area (TPSA) is 95.5 Å². The van der Waals surface area contributed by atoms with Crippen molar-refractivity contribution in [3.63, 3.8) is 0 Å². The summed E-state index contributed by atoms with van der Waals surface area (Å²) in [6.07, 6.45) is 0. The fourth-order valence-corrected chi connectivity index (χ4v) is 2.30. The summed E-state index contributed by atoms with van der Waals surface area (Å²) in [6.45, 7) is 0. The van der Waals surface area contributed by atoms with Gasteiger partial charge in [-0.3, -0.25) is 4.21 Å². The standard InChI is InChI=1S/C8H11NO5S2/c1-9-16(12,13)6-3-4-8(15(10)11)7(5-6)14-2/h3-5,9H,1-2H3,(H,10,11)/p-1. The summed E-state index contributed by atoms with van der Waals surface area (Å²) < 4.78 is 51.3. The predicted octanol–water partition coefficient (Wildman–Crippen LogP) is -0.159. The Morgan fingerprint density at radius 3 is 2.50 bits per heavy atom. The third kappa shape index (κ3) is 2.59. The van der Waals surface area contributed by atoms with E-state index in [2.05, 4.69) is 4.72 Å². The molecule has 1 unspecified atom stereocenters. The Morgan fingerprint density at radius 2 is 2.06 bits per heavy atom. The van der Waals surface area contributed by atoms with Gasteiger partial charge in [0.05, 0.1) is 16.9 Å². The molecular formula is C8H10NO5S2-. The number of ether oxygens (including phenoxy) is 1. The summed E-state index contributed by atoms with van der Waals surface area (Å²) in [6, 6.07) is 3.52. The lowest BCUT2D eigenvalue weighted by molar-refractivity contribution is 0.400. The zero-order valence-corrected chi connectivity index (χ0v) is 10.2. The first-order chi connectivity index (χ1) is 7.42. The Kier molecular flexibility index (Phi) is 4.03. The number of hydrogen-bond acceptors (Lipinski definition) is 5. The quantitative estimate of drug-likeness (QED) is 0.762. The number of methoxy groups -OCH3 is 1. The van der Waals surface area contributed by atoms with Gasteiger partial charge in [0, 0.05) is 6.07 Å². The van der Waals surface area contributed by atoms with Crippen LogP contribution in [0, 0.1) is 0 Å². The van der Waals surface area contributed by atoms with Crippen molar-refractivity contribution in [2.75, 3.05) is 14.2 Å². The van der Waals surface area contributed by atoms with Crippen LogP contribution in [0.2, 0.25) is 0 Å². The number of benzene rings is 1. The van der Waals surface area contributed by atoms with Gasteiger partial charge in [-0.25, -0.2) is 13.1 Å². The molecule has 1 N–H and O–H groups in total. The second kappa shape index (κ2) is 4.91.